The number of rotatable bonds is 6. The molecule has 3 nitrogen and oxygen atoms in total. The van der Waals surface area contributed by atoms with Gasteiger partial charge in [0, 0.05) is 6.04 Å². The molecule has 0 aromatic heterocycles. The molecule has 0 fully saturated rings. The summed E-state index contributed by atoms with van der Waals surface area (Å²) < 4.78 is 0. The average Bonchev–Trinajstić information content (AvgIpc) is 2.92. The van der Waals surface area contributed by atoms with Crippen molar-refractivity contribution in [3.05, 3.63) is 120 Å². The molecule has 0 spiro atoms. The lowest BCUT2D eigenvalue weighted by Gasteiger charge is -2.12. The largest absolute Gasteiger partial charge is 0.322 e. The Morgan fingerprint density at radius 1 is 0.714 bits per heavy atom. The van der Waals surface area contributed by atoms with Crippen LogP contribution in [-0.2, 0) is 0 Å². The van der Waals surface area contributed by atoms with Gasteiger partial charge in [0.05, 0.1) is 18.2 Å². The van der Waals surface area contributed by atoms with Crippen molar-refractivity contribution in [3.63, 3.8) is 0 Å². The Kier molecular flexibility index (Phi) is 6.22. The molecule has 0 bridgehead atoms. The lowest BCUT2D eigenvalue weighted by atomic mass is 9.93. The van der Waals surface area contributed by atoms with E-state index in [0.29, 0.717) is 12.1 Å². The molecule has 0 amide bonds. The summed E-state index contributed by atoms with van der Waals surface area (Å²) >= 11 is 0. The summed E-state index contributed by atoms with van der Waals surface area (Å²) in [4.78, 5) is 3.90. The van der Waals surface area contributed by atoms with E-state index < -0.39 is 0 Å². The van der Waals surface area contributed by atoms with Gasteiger partial charge in [0.2, 0.25) is 0 Å². The summed E-state index contributed by atoms with van der Waals surface area (Å²) in [7, 11) is 0. The fourth-order valence-electron chi connectivity index (χ4n) is 4.54. The number of hydrogen-bond acceptors (Lipinski definition) is 3. The Morgan fingerprint density at radius 2 is 1.34 bits per heavy atom. The maximum atomic E-state index is 9.43. The molecule has 1 atom stereocenters. The number of fused-ring (bicyclic) bond motifs is 1. The Balaban J connectivity index is 1.47. The molecule has 0 aliphatic heterocycles. The molecule has 0 saturated carbocycles. The van der Waals surface area contributed by atoms with Gasteiger partial charge < -0.3 is 5.73 Å². The second-order valence-corrected chi connectivity index (χ2v) is 8.61. The third-order valence-electron chi connectivity index (χ3n) is 6.43. The van der Waals surface area contributed by atoms with Crippen LogP contribution < -0.4 is 5.73 Å². The molecule has 0 aliphatic carbocycles. The van der Waals surface area contributed by atoms with Gasteiger partial charge in [-0.1, -0.05) is 97.1 Å². The first-order valence-corrected chi connectivity index (χ1v) is 11.6. The Labute approximate surface area is 205 Å². The normalized spacial score (nSPS) is 11.7. The van der Waals surface area contributed by atoms with Gasteiger partial charge in [0.15, 0.2) is 0 Å². The van der Waals surface area contributed by atoms with Crippen LogP contribution >= 0.6 is 0 Å². The molecule has 0 heterocycles. The molecule has 0 saturated heterocycles. The molecular formula is C32H25N3. The van der Waals surface area contributed by atoms with Crippen LogP contribution in [-0.4, -0.2) is 13.3 Å². The molecule has 168 valence electrons. The van der Waals surface area contributed by atoms with Crippen LogP contribution in [0.2, 0.25) is 0 Å². The third-order valence-corrected chi connectivity index (χ3v) is 6.43. The quantitative estimate of drug-likeness (QED) is 0.273. The molecule has 5 aromatic rings. The highest BCUT2D eigenvalue weighted by Crippen LogP contribution is 2.33. The van der Waals surface area contributed by atoms with E-state index in [2.05, 4.69) is 103 Å². The maximum absolute atomic E-state index is 9.43. The van der Waals surface area contributed by atoms with E-state index in [4.69, 9.17) is 5.73 Å². The van der Waals surface area contributed by atoms with Crippen molar-refractivity contribution in [2.75, 3.05) is 6.54 Å². The van der Waals surface area contributed by atoms with Crippen LogP contribution in [0.15, 0.2) is 114 Å². The topological polar surface area (TPSA) is 62.2 Å². The lowest BCUT2D eigenvalue weighted by Crippen LogP contribution is -2.13. The van der Waals surface area contributed by atoms with Crippen molar-refractivity contribution in [3.8, 4) is 39.4 Å². The van der Waals surface area contributed by atoms with Crippen LogP contribution in [0.25, 0.3) is 44.2 Å². The van der Waals surface area contributed by atoms with Crippen molar-refractivity contribution in [1.82, 2.24) is 0 Å². The van der Waals surface area contributed by atoms with E-state index >= 15 is 0 Å². The number of nitrogens with zero attached hydrogens (tertiary/aromatic N) is 2. The average molecular weight is 452 g/mol. The first-order valence-electron chi connectivity index (χ1n) is 11.6. The minimum Gasteiger partial charge on any atom is -0.322 e. The van der Waals surface area contributed by atoms with E-state index in [1.165, 1.54) is 21.9 Å². The van der Waals surface area contributed by atoms with Crippen LogP contribution in [0.1, 0.15) is 17.2 Å². The van der Waals surface area contributed by atoms with Crippen molar-refractivity contribution in [2.45, 2.75) is 6.04 Å². The van der Waals surface area contributed by atoms with Crippen molar-refractivity contribution in [2.24, 2.45) is 10.7 Å². The van der Waals surface area contributed by atoms with Crippen LogP contribution in [0.4, 0.5) is 0 Å². The smallest absolute Gasteiger partial charge is 0.0998 e. The highest BCUT2D eigenvalue weighted by Gasteiger charge is 2.09. The summed E-state index contributed by atoms with van der Waals surface area (Å²) in [6, 6.07) is 39.7. The summed E-state index contributed by atoms with van der Waals surface area (Å²) in [6.07, 6.45) is 0. The maximum Gasteiger partial charge on any atom is 0.0998 e. The summed E-state index contributed by atoms with van der Waals surface area (Å²) in [5.41, 5.74) is 14.5. The van der Waals surface area contributed by atoms with Crippen LogP contribution in [0, 0.1) is 11.3 Å². The van der Waals surface area contributed by atoms with E-state index in [0.717, 1.165) is 27.8 Å². The molecule has 2 N–H and O–H groups in total. The van der Waals surface area contributed by atoms with Gasteiger partial charge in [-0.2, -0.15) is 5.26 Å². The van der Waals surface area contributed by atoms with Gasteiger partial charge in [-0.25, -0.2) is 0 Å². The number of hydrogen-bond donors (Lipinski definition) is 1. The van der Waals surface area contributed by atoms with Crippen molar-refractivity contribution in [1.29, 1.82) is 5.26 Å². The fraction of sp³-hybridized carbons (Fsp3) is 0.0625. The van der Waals surface area contributed by atoms with Gasteiger partial charge >= 0.3 is 0 Å². The monoisotopic (exact) mass is 451 g/mol. The summed E-state index contributed by atoms with van der Waals surface area (Å²) in [6.45, 7) is 4.05. The van der Waals surface area contributed by atoms with Crippen LogP contribution in [0.3, 0.4) is 0 Å². The predicted octanol–water partition coefficient (Wildman–Crippen LogP) is 7.41. The zero-order chi connectivity index (χ0) is 24.2. The van der Waals surface area contributed by atoms with Gasteiger partial charge in [-0.05, 0) is 68.6 Å². The summed E-state index contributed by atoms with van der Waals surface area (Å²) in [5, 5.41) is 11.8. The standard InChI is InChI=1S/C32H25N3/c1-35-21-32(34)25-15-9-22(10-16-25)26-17-18-31-27(19-26)6-4-8-30(31)24-13-11-23(12-14-24)29-7-3-2-5-28(29)20-33/h2-19,32H,1,21,34H2. The lowest BCUT2D eigenvalue weighted by molar-refractivity contribution is 0.742. The third kappa shape index (κ3) is 4.48. The Hall–Kier alpha value is -4.52. The van der Waals surface area contributed by atoms with Gasteiger partial charge in [0.1, 0.15) is 0 Å². The van der Waals surface area contributed by atoms with E-state index in [1.54, 1.807) is 0 Å². The van der Waals surface area contributed by atoms with E-state index in [9.17, 15) is 5.26 Å². The number of aliphatic imine (C=N–C) groups is 1. The van der Waals surface area contributed by atoms with Gasteiger partial charge in [0.25, 0.3) is 0 Å². The van der Waals surface area contributed by atoms with Crippen molar-refractivity contribution < 1.29 is 0 Å². The second kappa shape index (κ2) is 9.77. The molecule has 0 radical (unpaired) electrons. The predicted molar refractivity (Wildman–Crippen MR) is 146 cm³/mol. The fourth-order valence-corrected chi connectivity index (χ4v) is 4.54. The summed E-state index contributed by atoms with van der Waals surface area (Å²) in [5.74, 6) is 0. The molecule has 3 heteroatoms. The minimum atomic E-state index is -0.125. The first-order chi connectivity index (χ1) is 17.2. The SMILES string of the molecule is C=NCC(N)c1ccc(-c2ccc3c(-c4ccc(-c5ccccc5C#N)cc4)cccc3c2)cc1. The number of nitriles is 1. The van der Waals surface area contributed by atoms with Gasteiger partial charge in [-0.3, -0.25) is 4.99 Å². The number of nitrogens with two attached hydrogens (primary N) is 1. The Bertz CT molecular complexity index is 1540. The first kappa shape index (κ1) is 22.3. The highest BCUT2D eigenvalue weighted by molar-refractivity contribution is 5.99. The molecule has 35 heavy (non-hydrogen) atoms. The molecule has 0 aliphatic rings. The Morgan fingerprint density at radius 3 is 2.06 bits per heavy atom. The molecule has 1 unspecified atom stereocenters. The van der Waals surface area contributed by atoms with Crippen molar-refractivity contribution >= 4 is 17.5 Å². The van der Waals surface area contributed by atoms with E-state index in [-0.39, 0.29) is 6.04 Å². The zero-order valence-corrected chi connectivity index (χ0v) is 19.4. The van der Waals surface area contributed by atoms with Crippen LogP contribution in [0.5, 0.6) is 0 Å². The minimum absolute atomic E-state index is 0.125. The molecule has 5 rings (SSSR count). The second-order valence-electron chi connectivity index (χ2n) is 8.61. The number of benzene rings is 5. The highest BCUT2D eigenvalue weighted by atomic mass is 14.8. The molecular weight excluding hydrogens is 426 g/mol. The van der Waals surface area contributed by atoms with Gasteiger partial charge in [-0.15, -0.1) is 0 Å². The molecule has 5 aromatic carbocycles. The zero-order valence-electron chi connectivity index (χ0n) is 19.4. The van der Waals surface area contributed by atoms with E-state index in [1.807, 2.05) is 24.3 Å².